The zero-order chi connectivity index (χ0) is 23.5. The maximum atomic E-state index is 12.7. The lowest BCUT2D eigenvalue weighted by Crippen LogP contribution is -2.39. The minimum Gasteiger partial charge on any atom is -0.454 e. The lowest BCUT2D eigenvalue weighted by atomic mass is 9.83. The Morgan fingerprint density at radius 3 is 2.50 bits per heavy atom. The van der Waals surface area contributed by atoms with Crippen molar-refractivity contribution < 1.29 is 19.1 Å². The van der Waals surface area contributed by atoms with Crippen molar-refractivity contribution in [3.8, 4) is 11.5 Å². The molecule has 1 saturated carbocycles. The van der Waals surface area contributed by atoms with Crippen molar-refractivity contribution >= 4 is 34.6 Å². The van der Waals surface area contributed by atoms with Gasteiger partial charge >= 0.3 is 0 Å². The van der Waals surface area contributed by atoms with Crippen LogP contribution in [-0.4, -0.2) is 49.1 Å². The van der Waals surface area contributed by atoms with E-state index in [4.69, 9.17) is 21.1 Å². The van der Waals surface area contributed by atoms with Gasteiger partial charge in [-0.05, 0) is 101 Å². The van der Waals surface area contributed by atoms with Crippen molar-refractivity contribution in [3.05, 3.63) is 45.1 Å². The molecule has 0 bridgehead atoms. The number of carbonyl (C=O) groups is 2. The summed E-state index contributed by atoms with van der Waals surface area (Å²) in [6, 6.07) is 9.25. The molecule has 3 heterocycles. The molecule has 1 saturated heterocycles. The zero-order valence-corrected chi connectivity index (χ0v) is 20.8. The topological polar surface area (TPSA) is 67.9 Å². The van der Waals surface area contributed by atoms with Gasteiger partial charge in [0.05, 0.1) is 9.21 Å². The fourth-order valence-electron chi connectivity index (χ4n) is 5.33. The molecule has 34 heavy (non-hydrogen) atoms. The van der Waals surface area contributed by atoms with Gasteiger partial charge in [0, 0.05) is 17.5 Å². The van der Waals surface area contributed by atoms with Gasteiger partial charge in [-0.1, -0.05) is 11.6 Å². The Kier molecular flexibility index (Phi) is 7.42. The summed E-state index contributed by atoms with van der Waals surface area (Å²) < 4.78 is 11.4. The zero-order valence-electron chi connectivity index (χ0n) is 19.3. The van der Waals surface area contributed by atoms with E-state index >= 15 is 0 Å². The first kappa shape index (κ1) is 23.6. The molecule has 182 valence electrons. The normalized spacial score (nSPS) is 23.1. The Labute approximate surface area is 209 Å². The minimum absolute atomic E-state index is 0.0380. The van der Waals surface area contributed by atoms with Gasteiger partial charge in [-0.25, -0.2) is 0 Å². The average molecular weight is 503 g/mol. The molecule has 8 heteroatoms. The molecule has 3 aliphatic rings. The average Bonchev–Trinajstić information content (AvgIpc) is 3.52. The maximum Gasteiger partial charge on any atom is 0.251 e. The van der Waals surface area contributed by atoms with Gasteiger partial charge < -0.3 is 19.7 Å². The molecule has 5 rings (SSSR count). The van der Waals surface area contributed by atoms with E-state index in [1.54, 1.807) is 18.2 Å². The third-order valence-electron chi connectivity index (χ3n) is 7.44. The van der Waals surface area contributed by atoms with Gasteiger partial charge in [0.1, 0.15) is 0 Å². The van der Waals surface area contributed by atoms with Crippen LogP contribution in [0.3, 0.4) is 0 Å². The summed E-state index contributed by atoms with van der Waals surface area (Å²) >= 11 is 7.38. The van der Waals surface area contributed by atoms with Crippen molar-refractivity contribution in [2.75, 3.05) is 26.4 Å². The highest BCUT2D eigenvalue weighted by molar-refractivity contribution is 7.18. The summed E-state index contributed by atoms with van der Waals surface area (Å²) in [4.78, 5) is 28.6. The van der Waals surface area contributed by atoms with Crippen LogP contribution in [0.15, 0.2) is 30.3 Å². The van der Waals surface area contributed by atoms with E-state index in [2.05, 4.69) is 10.2 Å². The molecule has 1 aromatic carbocycles. The lowest BCUT2D eigenvalue weighted by Gasteiger charge is -2.34. The Bertz CT molecular complexity index is 1030. The molecular weight excluding hydrogens is 472 g/mol. The number of thiophene rings is 1. The van der Waals surface area contributed by atoms with Crippen molar-refractivity contribution in [1.82, 2.24) is 10.2 Å². The summed E-state index contributed by atoms with van der Waals surface area (Å²) in [5.41, 5.74) is 0.621. The molecule has 0 radical (unpaired) electrons. The van der Waals surface area contributed by atoms with Gasteiger partial charge in [0.2, 0.25) is 6.79 Å². The summed E-state index contributed by atoms with van der Waals surface area (Å²) in [5.74, 6) is 2.41. The van der Waals surface area contributed by atoms with Crippen LogP contribution in [0.5, 0.6) is 11.5 Å². The van der Waals surface area contributed by atoms with Gasteiger partial charge in [-0.3, -0.25) is 9.59 Å². The number of halogens is 1. The Hall–Kier alpha value is -2.09. The quantitative estimate of drug-likeness (QED) is 0.513. The van der Waals surface area contributed by atoms with Crippen LogP contribution in [0.2, 0.25) is 4.34 Å². The van der Waals surface area contributed by atoms with E-state index in [-0.39, 0.29) is 30.4 Å². The predicted octanol–water partition coefficient (Wildman–Crippen LogP) is 5.40. The second kappa shape index (κ2) is 10.7. The van der Waals surface area contributed by atoms with Crippen LogP contribution in [0.25, 0.3) is 0 Å². The van der Waals surface area contributed by atoms with E-state index < -0.39 is 0 Å². The van der Waals surface area contributed by atoms with E-state index in [0.29, 0.717) is 27.3 Å². The molecule has 1 aromatic heterocycles. The SMILES string of the molecule is O=C(N[C@H]1CC[C@H](CCN2CCC(C(=O)c3ccc(Cl)s3)CC2)CC1)c1ccc2c(c1)OCO2. The molecule has 2 aliphatic heterocycles. The standard InChI is InChI=1S/C26H31ClN2O4S/c27-24-8-7-23(34-24)25(30)18-10-13-29(14-11-18)12-9-17-1-4-20(5-2-17)28-26(31)19-3-6-21-22(15-19)33-16-32-21/h3,6-8,15,17-18,20H,1-2,4-5,9-14,16H2,(H,28,31)/t17-,20-. The number of likely N-dealkylation sites (tertiary alicyclic amines) is 1. The number of Topliss-reactive ketones (excluding diaryl/α,β-unsaturated/α-hetero) is 1. The first-order valence-electron chi connectivity index (χ1n) is 12.3. The molecule has 1 amide bonds. The fourth-order valence-corrected chi connectivity index (χ4v) is 6.40. The van der Waals surface area contributed by atoms with Gasteiger partial charge in [0.25, 0.3) is 5.91 Å². The highest BCUT2D eigenvalue weighted by Crippen LogP contribution is 2.33. The number of fused-ring (bicyclic) bond motifs is 1. The summed E-state index contributed by atoms with van der Waals surface area (Å²) in [7, 11) is 0. The van der Waals surface area contributed by atoms with Crippen molar-refractivity contribution in [1.29, 1.82) is 0 Å². The van der Waals surface area contributed by atoms with E-state index in [0.717, 1.165) is 63.0 Å². The number of hydrogen-bond donors (Lipinski definition) is 1. The number of ether oxygens (including phenoxy) is 2. The summed E-state index contributed by atoms with van der Waals surface area (Å²) in [5, 5.41) is 3.20. The van der Waals surface area contributed by atoms with Crippen LogP contribution in [0, 0.1) is 11.8 Å². The molecule has 0 unspecified atom stereocenters. The Morgan fingerprint density at radius 2 is 1.76 bits per heavy atom. The van der Waals surface area contributed by atoms with Crippen LogP contribution < -0.4 is 14.8 Å². The van der Waals surface area contributed by atoms with Crippen molar-refractivity contribution in [2.45, 2.75) is 51.0 Å². The van der Waals surface area contributed by atoms with Crippen molar-refractivity contribution in [2.24, 2.45) is 11.8 Å². The predicted molar refractivity (Wildman–Crippen MR) is 133 cm³/mol. The van der Waals surface area contributed by atoms with Gasteiger partial charge in [-0.15, -0.1) is 11.3 Å². The highest BCUT2D eigenvalue weighted by Gasteiger charge is 2.28. The molecular formula is C26H31ClN2O4S. The lowest BCUT2D eigenvalue weighted by molar-refractivity contribution is 0.0836. The minimum atomic E-state index is -0.0380. The third kappa shape index (κ3) is 5.58. The molecule has 0 atom stereocenters. The van der Waals surface area contributed by atoms with E-state index in [1.165, 1.54) is 17.8 Å². The summed E-state index contributed by atoms with van der Waals surface area (Å²) in [6.07, 6.45) is 7.43. The van der Waals surface area contributed by atoms with Crippen LogP contribution in [0.4, 0.5) is 0 Å². The monoisotopic (exact) mass is 502 g/mol. The highest BCUT2D eigenvalue weighted by atomic mass is 35.5. The maximum absolute atomic E-state index is 12.7. The van der Waals surface area contributed by atoms with Crippen LogP contribution in [0.1, 0.15) is 65.0 Å². The largest absolute Gasteiger partial charge is 0.454 e. The van der Waals surface area contributed by atoms with E-state index in [9.17, 15) is 9.59 Å². The molecule has 2 aromatic rings. The number of carbonyl (C=O) groups excluding carboxylic acids is 2. The number of rotatable bonds is 7. The Morgan fingerprint density at radius 1 is 1.00 bits per heavy atom. The van der Waals surface area contributed by atoms with Gasteiger partial charge in [0.15, 0.2) is 17.3 Å². The van der Waals surface area contributed by atoms with Crippen LogP contribution in [-0.2, 0) is 0 Å². The van der Waals surface area contributed by atoms with Gasteiger partial charge in [-0.2, -0.15) is 0 Å². The number of piperidine rings is 1. The summed E-state index contributed by atoms with van der Waals surface area (Å²) in [6.45, 7) is 3.31. The smallest absolute Gasteiger partial charge is 0.251 e. The number of hydrogen-bond acceptors (Lipinski definition) is 6. The first-order valence-corrected chi connectivity index (χ1v) is 13.5. The number of benzene rings is 1. The molecule has 2 fully saturated rings. The number of nitrogens with zero attached hydrogens (tertiary/aromatic N) is 1. The number of ketones is 1. The molecule has 6 nitrogen and oxygen atoms in total. The van der Waals surface area contributed by atoms with Crippen molar-refractivity contribution in [3.63, 3.8) is 0 Å². The second-order valence-corrected chi connectivity index (χ2v) is 11.3. The molecule has 1 N–H and O–H groups in total. The second-order valence-electron chi connectivity index (χ2n) is 9.63. The third-order valence-corrected chi connectivity index (χ3v) is 8.69. The molecule has 0 spiro atoms. The fraction of sp³-hybridized carbons (Fsp3) is 0.538. The van der Waals surface area contributed by atoms with E-state index in [1.807, 2.05) is 12.1 Å². The van der Waals surface area contributed by atoms with Crippen LogP contribution >= 0.6 is 22.9 Å². The number of amides is 1. The molecule has 1 aliphatic carbocycles. The number of nitrogens with one attached hydrogen (secondary N) is 1. The Balaban J connectivity index is 1.00. The first-order chi connectivity index (χ1) is 16.5.